The molecule has 1 aliphatic carbocycles. The third-order valence-electron chi connectivity index (χ3n) is 3.69. The van der Waals surface area contributed by atoms with Crippen LogP contribution in [0.2, 0.25) is 0 Å². The number of oxime groups is 1. The summed E-state index contributed by atoms with van der Waals surface area (Å²) in [6.07, 6.45) is -0.0593. The lowest BCUT2D eigenvalue weighted by Gasteiger charge is -2.27. The van der Waals surface area contributed by atoms with Crippen molar-refractivity contribution in [2.24, 2.45) is 28.6 Å². The van der Waals surface area contributed by atoms with E-state index in [1.165, 1.54) is 6.42 Å². The molecule has 1 aliphatic rings. The maximum Gasteiger partial charge on any atom is 0.400 e. The first-order valence-electron chi connectivity index (χ1n) is 6.59. The van der Waals surface area contributed by atoms with Crippen molar-refractivity contribution in [1.29, 1.82) is 0 Å². The number of halogens is 3. The third-order valence-corrected chi connectivity index (χ3v) is 3.69. The quantitative estimate of drug-likeness (QED) is 0.313. The van der Waals surface area contributed by atoms with Crippen molar-refractivity contribution >= 4 is 5.84 Å². The second-order valence-corrected chi connectivity index (χ2v) is 5.42. The highest BCUT2D eigenvalue weighted by Gasteiger charge is 2.42. The Morgan fingerprint density at radius 2 is 2.16 bits per heavy atom. The molecule has 0 bridgehead atoms. The summed E-state index contributed by atoms with van der Waals surface area (Å²) in [6, 6.07) is 0. The van der Waals surface area contributed by atoms with Crippen LogP contribution >= 0.6 is 0 Å². The lowest BCUT2D eigenvalue weighted by atomic mass is 9.82. The van der Waals surface area contributed by atoms with Crippen molar-refractivity contribution in [2.45, 2.75) is 38.8 Å². The summed E-state index contributed by atoms with van der Waals surface area (Å²) in [5.41, 5.74) is 5.08. The summed E-state index contributed by atoms with van der Waals surface area (Å²) in [7, 11) is 0. The third kappa shape index (κ3) is 5.26. The van der Waals surface area contributed by atoms with Crippen molar-refractivity contribution in [3.63, 3.8) is 0 Å². The second-order valence-electron chi connectivity index (χ2n) is 5.42. The van der Waals surface area contributed by atoms with Crippen LogP contribution in [0.3, 0.4) is 0 Å². The summed E-state index contributed by atoms with van der Waals surface area (Å²) >= 11 is 0. The van der Waals surface area contributed by atoms with E-state index in [2.05, 4.69) is 17.4 Å². The summed E-state index contributed by atoms with van der Waals surface area (Å²) < 4.78 is 38.0. The Morgan fingerprint density at radius 3 is 2.68 bits per heavy atom. The van der Waals surface area contributed by atoms with Gasteiger partial charge < -0.3 is 16.3 Å². The highest BCUT2D eigenvalue weighted by Crippen LogP contribution is 2.29. The van der Waals surface area contributed by atoms with Gasteiger partial charge in [0.05, 0.1) is 0 Å². The van der Waals surface area contributed by atoms with Crippen LogP contribution in [0, 0.1) is 17.8 Å². The Morgan fingerprint density at radius 1 is 1.47 bits per heavy atom. The molecule has 0 aromatic carbocycles. The number of hydrogen-bond donors (Lipinski definition) is 3. The SMILES string of the molecule is CC1CCCC(CNCC(C(N)=NO)C(F)(F)F)C1. The zero-order chi connectivity index (χ0) is 14.5. The fraction of sp³-hybridized carbons (Fsp3) is 0.917. The number of nitrogens with zero attached hydrogens (tertiary/aromatic N) is 1. The first-order chi connectivity index (χ1) is 8.84. The smallest absolute Gasteiger partial charge is 0.400 e. The largest absolute Gasteiger partial charge is 0.409 e. The number of amidine groups is 1. The van der Waals surface area contributed by atoms with Crippen molar-refractivity contribution in [1.82, 2.24) is 5.32 Å². The Hall–Kier alpha value is -0.980. The summed E-state index contributed by atoms with van der Waals surface area (Å²) in [5.74, 6) is -1.66. The molecule has 0 radical (unpaired) electrons. The molecule has 0 aromatic rings. The predicted octanol–water partition coefficient (Wildman–Crippen LogP) is 2.33. The molecule has 4 N–H and O–H groups in total. The van der Waals surface area contributed by atoms with Crippen LogP contribution < -0.4 is 11.1 Å². The molecule has 0 amide bonds. The number of alkyl halides is 3. The van der Waals surface area contributed by atoms with E-state index in [0.717, 1.165) is 19.3 Å². The van der Waals surface area contributed by atoms with Gasteiger partial charge in [0.25, 0.3) is 0 Å². The van der Waals surface area contributed by atoms with Crippen molar-refractivity contribution in [2.75, 3.05) is 13.1 Å². The van der Waals surface area contributed by atoms with Gasteiger partial charge in [-0.25, -0.2) is 0 Å². The van der Waals surface area contributed by atoms with E-state index in [0.29, 0.717) is 18.4 Å². The number of rotatable bonds is 5. The Kier molecular flexibility index (Phi) is 5.90. The van der Waals surface area contributed by atoms with Gasteiger partial charge in [0.1, 0.15) is 5.92 Å². The Bertz CT molecular complexity index is 307. The van der Waals surface area contributed by atoms with E-state index in [4.69, 9.17) is 10.9 Å². The average Bonchev–Trinajstić information content (AvgIpc) is 2.32. The van der Waals surface area contributed by atoms with Crippen LogP contribution in [-0.4, -0.2) is 30.3 Å². The predicted molar refractivity (Wildman–Crippen MR) is 66.9 cm³/mol. The minimum absolute atomic E-state index is 0.343. The lowest BCUT2D eigenvalue weighted by Crippen LogP contribution is -2.44. The topological polar surface area (TPSA) is 70.6 Å². The molecule has 1 saturated carbocycles. The molecule has 3 unspecified atom stereocenters. The van der Waals surface area contributed by atoms with Gasteiger partial charge in [-0.05, 0) is 31.2 Å². The molecule has 0 heterocycles. The number of hydrogen-bond acceptors (Lipinski definition) is 3. The van der Waals surface area contributed by atoms with Gasteiger partial charge in [0.2, 0.25) is 0 Å². The van der Waals surface area contributed by atoms with Gasteiger partial charge in [0, 0.05) is 6.54 Å². The second kappa shape index (κ2) is 6.98. The zero-order valence-electron chi connectivity index (χ0n) is 11.1. The molecule has 0 aliphatic heterocycles. The van der Waals surface area contributed by atoms with Crippen LogP contribution in [0.15, 0.2) is 5.16 Å². The highest BCUT2D eigenvalue weighted by molar-refractivity contribution is 5.83. The molecule has 112 valence electrons. The highest BCUT2D eigenvalue weighted by atomic mass is 19.4. The summed E-state index contributed by atoms with van der Waals surface area (Å²) in [5, 5.41) is 13.7. The average molecular weight is 281 g/mol. The van der Waals surface area contributed by atoms with Gasteiger partial charge in [-0.2, -0.15) is 13.2 Å². The van der Waals surface area contributed by atoms with E-state index in [1.54, 1.807) is 0 Å². The lowest BCUT2D eigenvalue weighted by molar-refractivity contribution is -0.155. The van der Waals surface area contributed by atoms with Gasteiger partial charge in [0.15, 0.2) is 5.84 Å². The molecule has 0 spiro atoms. The van der Waals surface area contributed by atoms with Crippen LogP contribution in [0.1, 0.15) is 32.6 Å². The van der Waals surface area contributed by atoms with Gasteiger partial charge in [-0.15, -0.1) is 0 Å². The first-order valence-corrected chi connectivity index (χ1v) is 6.59. The Labute approximate surface area is 111 Å². The van der Waals surface area contributed by atoms with Gasteiger partial charge in [-0.3, -0.25) is 0 Å². The van der Waals surface area contributed by atoms with E-state index in [1.807, 2.05) is 0 Å². The molecule has 3 atom stereocenters. The summed E-state index contributed by atoms with van der Waals surface area (Å²) in [4.78, 5) is 0. The molecule has 19 heavy (non-hydrogen) atoms. The van der Waals surface area contributed by atoms with Gasteiger partial charge >= 0.3 is 6.18 Å². The standard InChI is InChI=1S/C12H22F3N3O/c1-8-3-2-4-9(5-8)6-17-7-10(11(16)18-19)12(13,14)15/h8-10,17,19H,2-7H2,1H3,(H2,16,18). The normalized spacial score (nSPS) is 27.3. The van der Waals surface area contributed by atoms with Crippen molar-refractivity contribution in [3.05, 3.63) is 0 Å². The molecule has 1 fully saturated rings. The minimum Gasteiger partial charge on any atom is -0.409 e. The van der Waals surface area contributed by atoms with E-state index in [9.17, 15) is 13.2 Å². The van der Waals surface area contributed by atoms with Crippen LogP contribution in [0.4, 0.5) is 13.2 Å². The molecule has 0 aromatic heterocycles. The molecule has 1 rings (SSSR count). The molecule has 7 heteroatoms. The fourth-order valence-corrected chi connectivity index (χ4v) is 2.63. The zero-order valence-corrected chi connectivity index (χ0v) is 11.1. The monoisotopic (exact) mass is 281 g/mol. The van der Waals surface area contributed by atoms with Crippen molar-refractivity contribution < 1.29 is 18.4 Å². The van der Waals surface area contributed by atoms with Crippen LogP contribution in [-0.2, 0) is 0 Å². The number of nitrogens with two attached hydrogens (primary N) is 1. The minimum atomic E-state index is -4.50. The van der Waals surface area contributed by atoms with E-state index < -0.39 is 17.9 Å². The van der Waals surface area contributed by atoms with Gasteiger partial charge in [-0.1, -0.05) is 24.9 Å². The Balaban J connectivity index is 2.40. The molecule has 0 saturated heterocycles. The molecular weight excluding hydrogens is 259 g/mol. The maximum absolute atomic E-state index is 12.7. The van der Waals surface area contributed by atoms with Crippen LogP contribution in [0.25, 0.3) is 0 Å². The fourth-order valence-electron chi connectivity index (χ4n) is 2.63. The maximum atomic E-state index is 12.7. The van der Waals surface area contributed by atoms with Crippen molar-refractivity contribution in [3.8, 4) is 0 Å². The van der Waals surface area contributed by atoms with Crippen LogP contribution in [0.5, 0.6) is 0 Å². The molecular formula is C12H22F3N3O. The summed E-state index contributed by atoms with van der Waals surface area (Å²) in [6.45, 7) is 2.38. The molecule has 4 nitrogen and oxygen atoms in total. The first kappa shape index (κ1) is 16.1. The van der Waals surface area contributed by atoms with E-state index >= 15 is 0 Å². The number of nitrogens with one attached hydrogen (secondary N) is 1. The van der Waals surface area contributed by atoms with E-state index in [-0.39, 0.29) is 6.54 Å².